The maximum absolute atomic E-state index is 12.4. The van der Waals surface area contributed by atoms with Gasteiger partial charge in [-0.1, -0.05) is 41.7 Å². The van der Waals surface area contributed by atoms with Gasteiger partial charge in [-0.05, 0) is 32.3 Å². The van der Waals surface area contributed by atoms with Crippen molar-refractivity contribution < 1.29 is 9.59 Å². The molecule has 0 aliphatic carbocycles. The molecule has 0 spiro atoms. The number of fused-ring (bicyclic) bond motifs is 1. The number of aryl methyl sites for hydroxylation is 1. The molecule has 4 amide bonds. The number of anilines is 1. The smallest absolute Gasteiger partial charge is 0.321 e. The van der Waals surface area contributed by atoms with E-state index in [4.69, 9.17) is 0 Å². The first-order chi connectivity index (χ1) is 13.5. The molecule has 1 aliphatic rings. The SMILES string of the molecule is CC(C)NC(=O)Nc1nc2c(s1)CN(C(=O)NCCCc1ccccc1)CC2. The number of benzene rings is 1. The van der Waals surface area contributed by atoms with Crippen LogP contribution in [0.25, 0.3) is 0 Å². The van der Waals surface area contributed by atoms with Gasteiger partial charge in [-0.25, -0.2) is 14.6 Å². The number of hydrogen-bond acceptors (Lipinski definition) is 4. The van der Waals surface area contributed by atoms with Crippen molar-refractivity contribution in [3.05, 3.63) is 46.5 Å². The van der Waals surface area contributed by atoms with Crippen LogP contribution in [-0.2, 0) is 19.4 Å². The fourth-order valence-electron chi connectivity index (χ4n) is 3.06. The van der Waals surface area contributed by atoms with Crippen LogP contribution < -0.4 is 16.0 Å². The summed E-state index contributed by atoms with van der Waals surface area (Å²) in [6, 6.07) is 10.0. The van der Waals surface area contributed by atoms with E-state index >= 15 is 0 Å². The highest BCUT2D eigenvalue weighted by atomic mass is 32.1. The van der Waals surface area contributed by atoms with Crippen LogP contribution in [-0.4, -0.2) is 41.1 Å². The fourth-order valence-corrected chi connectivity index (χ4v) is 4.08. The van der Waals surface area contributed by atoms with E-state index in [1.165, 1.54) is 16.9 Å². The number of carbonyl (C=O) groups is 2. The minimum absolute atomic E-state index is 0.0424. The molecule has 0 fully saturated rings. The van der Waals surface area contributed by atoms with E-state index in [2.05, 4.69) is 33.1 Å². The summed E-state index contributed by atoms with van der Waals surface area (Å²) >= 11 is 1.43. The van der Waals surface area contributed by atoms with Crippen molar-refractivity contribution in [3.63, 3.8) is 0 Å². The molecule has 0 saturated heterocycles. The Morgan fingerprint density at radius 2 is 2.04 bits per heavy atom. The quantitative estimate of drug-likeness (QED) is 0.649. The summed E-state index contributed by atoms with van der Waals surface area (Å²) in [4.78, 5) is 31.6. The third-order valence-corrected chi connectivity index (χ3v) is 5.42. The highest BCUT2D eigenvalue weighted by Gasteiger charge is 2.24. The van der Waals surface area contributed by atoms with Gasteiger partial charge in [-0.15, -0.1) is 0 Å². The lowest BCUT2D eigenvalue weighted by Crippen LogP contribution is -2.42. The second kappa shape index (κ2) is 9.54. The lowest BCUT2D eigenvalue weighted by atomic mass is 10.1. The number of thiazole rings is 1. The molecule has 0 radical (unpaired) electrons. The van der Waals surface area contributed by atoms with Crippen molar-refractivity contribution in [3.8, 4) is 0 Å². The van der Waals surface area contributed by atoms with Crippen LogP contribution in [0.4, 0.5) is 14.7 Å². The molecule has 28 heavy (non-hydrogen) atoms. The highest BCUT2D eigenvalue weighted by molar-refractivity contribution is 7.15. The largest absolute Gasteiger partial charge is 0.338 e. The molecular formula is C20H27N5O2S. The third-order valence-electron chi connectivity index (χ3n) is 4.42. The summed E-state index contributed by atoms with van der Waals surface area (Å²) in [6.45, 7) is 5.64. The highest BCUT2D eigenvalue weighted by Crippen LogP contribution is 2.28. The van der Waals surface area contributed by atoms with Gasteiger partial charge in [0.05, 0.1) is 12.2 Å². The monoisotopic (exact) mass is 401 g/mol. The van der Waals surface area contributed by atoms with E-state index in [0.717, 1.165) is 23.4 Å². The maximum atomic E-state index is 12.4. The second-order valence-corrected chi connectivity index (χ2v) is 8.22. The number of carbonyl (C=O) groups excluding carboxylic acids is 2. The summed E-state index contributed by atoms with van der Waals surface area (Å²) in [7, 11) is 0. The van der Waals surface area contributed by atoms with E-state index in [-0.39, 0.29) is 18.1 Å². The van der Waals surface area contributed by atoms with Gasteiger partial charge < -0.3 is 15.5 Å². The maximum Gasteiger partial charge on any atom is 0.321 e. The van der Waals surface area contributed by atoms with Crippen molar-refractivity contribution in [2.24, 2.45) is 0 Å². The molecule has 7 nitrogen and oxygen atoms in total. The Labute approximate surface area is 169 Å². The Morgan fingerprint density at radius 3 is 2.79 bits per heavy atom. The van der Waals surface area contributed by atoms with Crippen molar-refractivity contribution in [2.75, 3.05) is 18.4 Å². The molecule has 1 aromatic heterocycles. The molecule has 0 bridgehead atoms. The summed E-state index contributed by atoms with van der Waals surface area (Å²) in [5.74, 6) is 0. The minimum Gasteiger partial charge on any atom is -0.338 e. The number of hydrogen-bond donors (Lipinski definition) is 3. The van der Waals surface area contributed by atoms with Crippen molar-refractivity contribution in [1.29, 1.82) is 0 Å². The number of nitrogens with one attached hydrogen (secondary N) is 3. The first-order valence-corrected chi connectivity index (χ1v) is 10.5. The molecule has 0 atom stereocenters. The van der Waals surface area contributed by atoms with Crippen LogP contribution in [0.3, 0.4) is 0 Å². The zero-order valence-electron chi connectivity index (χ0n) is 16.3. The van der Waals surface area contributed by atoms with Crippen molar-refractivity contribution in [1.82, 2.24) is 20.5 Å². The number of aromatic nitrogens is 1. The van der Waals surface area contributed by atoms with Gasteiger partial charge in [0.25, 0.3) is 0 Å². The molecule has 8 heteroatoms. The fraction of sp³-hybridized carbons (Fsp3) is 0.450. The van der Waals surface area contributed by atoms with Crippen LogP contribution >= 0.6 is 11.3 Å². The molecule has 1 aromatic carbocycles. The number of rotatable bonds is 6. The van der Waals surface area contributed by atoms with Gasteiger partial charge in [0.1, 0.15) is 0 Å². The summed E-state index contributed by atoms with van der Waals surface area (Å²) in [5, 5.41) is 9.13. The molecule has 3 N–H and O–H groups in total. The Hall–Kier alpha value is -2.61. The van der Waals surface area contributed by atoms with Gasteiger partial charge in [-0.3, -0.25) is 5.32 Å². The second-order valence-electron chi connectivity index (χ2n) is 7.13. The normalized spacial score (nSPS) is 13.2. The lowest BCUT2D eigenvalue weighted by molar-refractivity contribution is 0.192. The Bertz CT molecular complexity index is 806. The predicted molar refractivity (Wildman–Crippen MR) is 112 cm³/mol. The van der Waals surface area contributed by atoms with Gasteiger partial charge in [0.2, 0.25) is 0 Å². The number of nitrogens with zero attached hydrogens (tertiary/aromatic N) is 2. The Kier molecular flexibility index (Phi) is 6.86. The van der Waals surface area contributed by atoms with Crippen molar-refractivity contribution in [2.45, 2.75) is 45.7 Å². The van der Waals surface area contributed by atoms with Gasteiger partial charge in [0, 0.05) is 30.4 Å². The van der Waals surface area contributed by atoms with E-state index in [0.29, 0.717) is 31.2 Å². The van der Waals surface area contributed by atoms with E-state index in [9.17, 15) is 9.59 Å². The first kappa shape index (κ1) is 20.1. The molecule has 0 saturated carbocycles. The summed E-state index contributed by atoms with van der Waals surface area (Å²) in [6.07, 6.45) is 2.57. The lowest BCUT2D eigenvalue weighted by Gasteiger charge is -2.26. The summed E-state index contributed by atoms with van der Waals surface area (Å²) < 4.78 is 0. The molecule has 2 heterocycles. The Balaban J connectivity index is 1.45. The number of urea groups is 2. The summed E-state index contributed by atoms with van der Waals surface area (Å²) in [5.41, 5.74) is 2.25. The molecule has 0 unspecified atom stereocenters. The molecule has 1 aliphatic heterocycles. The standard InChI is InChI=1S/C20H27N5O2S/c1-14(2)22-18(26)24-19-23-16-10-12-25(13-17(16)28-19)20(27)21-11-6-9-15-7-4-3-5-8-15/h3-5,7-8,14H,6,9-13H2,1-2H3,(H,21,27)(H2,22,23,24,26). The van der Waals surface area contributed by atoms with Crippen molar-refractivity contribution >= 4 is 28.5 Å². The molecule has 3 rings (SSSR count). The van der Waals surface area contributed by atoms with Crippen LogP contribution in [0, 0.1) is 0 Å². The van der Waals surface area contributed by atoms with E-state index in [1.54, 1.807) is 4.90 Å². The average molecular weight is 402 g/mol. The Morgan fingerprint density at radius 1 is 1.25 bits per heavy atom. The topological polar surface area (TPSA) is 86.4 Å². The molecule has 150 valence electrons. The van der Waals surface area contributed by atoms with E-state index < -0.39 is 0 Å². The average Bonchev–Trinajstić information content (AvgIpc) is 3.06. The van der Waals surface area contributed by atoms with Crippen LogP contribution in [0.15, 0.2) is 30.3 Å². The van der Waals surface area contributed by atoms with Gasteiger partial charge in [0.15, 0.2) is 5.13 Å². The van der Waals surface area contributed by atoms with Crippen LogP contribution in [0.2, 0.25) is 0 Å². The van der Waals surface area contributed by atoms with Gasteiger partial charge >= 0.3 is 12.1 Å². The van der Waals surface area contributed by atoms with Gasteiger partial charge in [-0.2, -0.15) is 0 Å². The molecule has 2 aromatic rings. The van der Waals surface area contributed by atoms with Crippen LogP contribution in [0.5, 0.6) is 0 Å². The minimum atomic E-state index is -0.255. The third kappa shape index (κ3) is 5.69. The van der Waals surface area contributed by atoms with Crippen LogP contribution in [0.1, 0.15) is 36.4 Å². The zero-order chi connectivity index (χ0) is 19.9. The molecular weight excluding hydrogens is 374 g/mol. The van der Waals surface area contributed by atoms with E-state index in [1.807, 2.05) is 32.0 Å². The number of amides is 4. The zero-order valence-corrected chi connectivity index (χ0v) is 17.1. The first-order valence-electron chi connectivity index (χ1n) is 9.64. The predicted octanol–water partition coefficient (Wildman–Crippen LogP) is 3.37.